The van der Waals surface area contributed by atoms with Crippen molar-refractivity contribution in [2.75, 3.05) is 13.2 Å². The van der Waals surface area contributed by atoms with E-state index in [1.807, 2.05) is 12.2 Å². The molecule has 5 nitrogen and oxygen atoms in total. The van der Waals surface area contributed by atoms with Crippen LogP contribution < -0.4 is 16.4 Å². The van der Waals surface area contributed by atoms with E-state index >= 15 is 0 Å². The Morgan fingerprint density at radius 3 is 3.00 bits per heavy atom. The Bertz CT molecular complexity index is 514. The van der Waals surface area contributed by atoms with Gasteiger partial charge in [0.25, 0.3) is 0 Å². The molecule has 0 amide bonds. The maximum absolute atomic E-state index is 6.04. The van der Waals surface area contributed by atoms with Crippen LogP contribution in [0.25, 0.3) is 0 Å². The van der Waals surface area contributed by atoms with E-state index < -0.39 is 0 Å². The molecule has 2 rings (SSSR count). The van der Waals surface area contributed by atoms with Gasteiger partial charge in [0.05, 0.1) is 22.9 Å². The zero-order valence-corrected chi connectivity index (χ0v) is 14.1. The highest BCUT2D eigenvalue weighted by Crippen LogP contribution is 2.28. The number of hydrogen-bond acceptors (Lipinski definition) is 5. The number of aliphatic imine (C=N–C) groups is 1. The van der Waals surface area contributed by atoms with Crippen molar-refractivity contribution in [3.05, 3.63) is 34.2 Å². The first-order valence-corrected chi connectivity index (χ1v) is 8.25. The second-order valence-corrected chi connectivity index (χ2v) is 6.12. The predicted octanol–water partition coefficient (Wildman–Crippen LogP) is 2.74. The minimum Gasteiger partial charge on any atom is -0.492 e. The summed E-state index contributed by atoms with van der Waals surface area (Å²) in [6, 6.07) is 0. The predicted molar refractivity (Wildman–Crippen MR) is 91.5 cm³/mol. The van der Waals surface area contributed by atoms with Crippen LogP contribution in [0.3, 0.4) is 0 Å². The number of nitrogens with two attached hydrogens (primary N) is 1. The van der Waals surface area contributed by atoms with Crippen LogP contribution in [0.2, 0.25) is 0 Å². The summed E-state index contributed by atoms with van der Waals surface area (Å²) in [5.41, 5.74) is 5.71. The van der Waals surface area contributed by atoms with E-state index in [1.165, 1.54) is 0 Å². The summed E-state index contributed by atoms with van der Waals surface area (Å²) >= 11 is 12.0. The normalized spacial score (nSPS) is 24.7. The van der Waals surface area contributed by atoms with Gasteiger partial charge in [0.1, 0.15) is 6.17 Å². The van der Waals surface area contributed by atoms with Gasteiger partial charge in [-0.3, -0.25) is 5.32 Å². The lowest BCUT2D eigenvalue weighted by molar-refractivity contribution is 0.154. The topological polar surface area (TPSA) is 71.7 Å². The van der Waals surface area contributed by atoms with Gasteiger partial charge in [-0.1, -0.05) is 48.7 Å². The lowest BCUT2D eigenvalue weighted by atomic mass is 10.0. The van der Waals surface area contributed by atoms with Gasteiger partial charge in [0, 0.05) is 5.92 Å². The molecule has 2 aliphatic rings. The third kappa shape index (κ3) is 4.93. The highest BCUT2D eigenvalue weighted by atomic mass is 35.5. The molecule has 22 heavy (non-hydrogen) atoms. The molecular weight excluding hydrogens is 323 g/mol. The average Bonchev–Trinajstić information content (AvgIpc) is 2.50. The van der Waals surface area contributed by atoms with Gasteiger partial charge in [-0.05, 0) is 19.4 Å². The molecule has 0 fully saturated rings. The minimum atomic E-state index is -0.147. The largest absolute Gasteiger partial charge is 0.492 e. The van der Waals surface area contributed by atoms with Crippen molar-refractivity contribution >= 4 is 29.2 Å². The van der Waals surface area contributed by atoms with Gasteiger partial charge in [0.15, 0.2) is 11.7 Å². The fourth-order valence-electron chi connectivity index (χ4n) is 2.19. The Morgan fingerprint density at radius 2 is 2.27 bits per heavy atom. The summed E-state index contributed by atoms with van der Waals surface area (Å²) in [7, 11) is 0. The van der Waals surface area contributed by atoms with Gasteiger partial charge in [-0.2, -0.15) is 0 Å². The number of guanidine groups is 1. The maximum atomic E-state index is 6.04. The summed E-state index contributed by atoms with van der Waals surface area (Å²) in [5.74, 6) is 1.32. The average molecular weight is 345 g/mol. The molecule has 0 aromatic carbocycles. The summed E-state index contributed by atoms with van der Waals surface area (Å²) in [4.78, 5) is 4.06. The van der Waals surface area contributed by atoms with Gasteiger partial charge >= 0.3 is 0 Å². The minimum absolute atomic E-state index is 0.147. The molecule has 2 atom stereocenters. The third-order valence-corrected chi connectivity index (χ3v) is 4.24. The summed E-state index contributed by atoms with van der Waals surface area (Å²) in [6.45, 7) is 3.55. The van der Waals surface area contributed by atoms with E-state index in [1.54, 1.807) is 6.20 Å². The molecule has 0 saturated heterocycles. The van der Waals surface area contributed by atoms with Crippen LogP contribution >= 0.6 is 23.2 Å². The van der Waals surface area contributed by atoms with Crippen LogP contribution in [-0.4, -0.2) is 25.3 Å². The third-order valence-electron chi connectivity index (χ3n) is 3.46. The second-order valence-electron chi connectivity index (χ2n) is 5.30. The lowest BCUT2D eigenvalue weighted by Gasteiger charge is -2.27. The van der Waals surface area contributed by atoms with E-state index in [-0.39, 0.29) is 12.1 Å². The van der Waals surface area contributed by atoms with Crippen LogP contribution in [0.4, 0.5) is 0 Å². The number of rotatable bonds is 7. The van der Waals surface area contributed by atoms with Crippen molar-refractivity contribution in [1.82, 2.24) is 10.6 Å². The molecule has 0 spiro atoms. The summed E-state index contributed by atoms with van der Waals surface area (Å²) in [6.07, 6.45) is 8.39. The molecular formula is C15H22Cl2N4O. The van der Waals surface area contributed by atoms with Crippen LogP contribution in [0, 0.1) is 5.92 Å². The number of halogens is 2. The molecule has 0 bridgehead atoms. The molecule has 1 aliphatic heterocycles. The van der Waals surface area contributed by atoms with Crippen molar-refractivity contribution in [2.24, 2.45) is 16.6 Å². The Kier molecular flexibility index (Phi) is 6.61. The van der Waals surface area contributed by atoms with Gasteiger partial charge < -0.3 is 15.8 Å². The van der Waals surface area contributed by atoms with E-state index in [4.69, 9.17) is 33.7 Å². The number of hydrogen-bond donors (Lipinski definition) is 3. The summed E-state index contributed by atoms with van der Waals surface area (Å²) < 4.78 is 5.90. The lowest BCUT2D eigenvalue weighted by Crippen LogP contribution is -2.51. The monoisotopic (exact) mass is 344 g/mol. The van der Waals surface area contributed by atoms with E-state index in [9.17, 15) is 0 Å². The molecule has 2 unspecified atom stereocenters. The smallest absolute Gasteiger partial charge is 0.194 e. The van der Waals surface area contributed by atoms with Crippen molar-refractivity contribution < 1.29 is 4.74 Å². The highest BCUT2D eigenvalue weighted by Gasteiger charge is 2.21. The van der Waals surface area contributed by atoms with Gasteiger partial charge in [0.2, 0.25) is 0 Å². The highest BCUT2D eigenvalue weighted by molar-refractivity contribution is 6.44. The Balaban J connectivity index is 1.89. The first-order chi connectivity index (χ1) is 10.6. The molecule has 0 radical (unpaired) electrons. The number of nitrogens with one attached hydrogen (secondary N) is 2. The van der Waals surface area contributed by atoms with Crippen molar-refractivity contribution in [1.29, 1.82) is 0 Å². The fraction of sp³-hybridized carbons (Fsp3) is 0.533. The molecule has 1 aliphatic carbocycles. The molecule has 122 valence electrons. The van der Waals surface area contributed by atoms with E-state index in [2.05, 4.69) is 22.5 Å². The van der Waals surface area contributed by atoms with Crippen LogP contribution in [0.1, 0.15) is 26.2 Å². The maximum Gasteiger partial charge on any atom is 0.194 e. The zero-order chi connectivity index (χ0) is 15.9. The molecule has 7 heteroatoms. The molecule has 0 saturated carbocycles. The Labute approximate surface area is 141 Å². The van der Waals surface area contributed by atoms with Crippen LogP contribution in [0.15, 0.2) is 39.2 Å². The first-order valence-electron chi connectivity index (χ1n) is 7.49. The number of nitrogens with zero attached hydrogens (tertiary/aromatic N) is 1. The molecule has 0 aromatic rings. The molecule has 0 aromatic heterocycles. The zero-order valence-electron chi connectivity index (χ0n) is 12.6. The number of unbranched alkanes of at least 4 members (excludes halogenated alkanes) is 1. The second kappa shape index (κ2) is 8.46. The van der Waals surface area contributed by atoms with E-state index in [0.29, 0.717) is 22.6 Å². The Hall–Kier alpha value is -1.17. The Morgan fingerprint density at radius 1 is 1.45 bits per heavy atom. The summed E-state index contributed by atoms with van der Waals surface area (Å²) in [5, 5.41) is 7.63. The van der Waals surface area contributed by atoms with Crippen LogP contribution in [0.5, 0.6) is 0 Å². The molecule has 1 heterocycles. The number of ether oxygens (including phenoxy) is 1. The fourth-order valence-corrected chi connectivity index (χ4v) is 2.59. The molecule has 4 N–H and O–H groups in total. The SMILES string of the molecule is CCCCNC1NC(N)=NC=C1OCC1C=C(Cl)C(Cl)=CC1. The van der Waals surface area contributed by atoms with Gasteiger partial charge in [-0.25, -0.2) is 4.99 Å². The van der Waals surface area contributed by atoms with Crippen LogP contribution in [-0.2, 0) is 4.74 Å². The van der Waals surface area contributed by atoms with Crippen molar-refractivity contribution in [3.63, 3.8) is 0 Å². The number of allylic oxidation sites excluding steroid dienone is 3. The quantitative estimate of drug-likeness (QED) is 0.621. The standard InChI is InChI=1S/C15H22Cl2N4O/c1-2-3-6-19-14-13(8-20-15(18)21-14)22-9-10-4-5-11(16)12(17)7-10/h5,7-8,10,14,19H,2-4,6,9H2,1H3,(H3,18,20,21). The van der Waals surface area contributed by atoms with Crippen molar-refractivity contribution in [2.45, 2.75) is 32.4 Å². The van der Waals surface area contributed by atoms with Crippen molar-refractivity contribution in [3.8, 4) is 0 Å². The van der Waals surface area contributed by atoms with E-state index in [0.717, 1.165) is 31.6 Å². The van der Waals surface area contributed by atoms with Gasteiger partial charge in [-0.15, -0.1) is 0 Å². The first kappa shape index (κ1) is 17.2.